The molecule has 4 heteroatoms. The summed E-state index contributed by atoms with van der Waals surface area (Å²) in [6.45, 7) is 2.78. The lowest BCUT2D eigenvalue weighted by Crippen LogP contribution is -2.16. The summed E-state index contributed by atoms with van der Waals surface area (Å²) in [5, 5.41) is 0. The van der Waals surface area contributed by atoms with E-state index in [9.17, 15) is 0 Å². The van der Waals surface area contributed by atoms with Crippen LogP contribution in [0.25, 0.3) is 0 Å². The maximum absolute atomic E-state index is 5.62. The fourth-order valence-corrected chi connectivity index (χ4v) is 2.14. The van der Waals surface area contributed by atoms with Gasteiger partial charge in [-0.05, 0) is 19.8 Å². The van der Waals surface area contributed by atoms with Gasteiger partial charge in [-0.25, -0.2) is 4.98 Å². The third kappa shape index (κ3) is 2.07. The number of halogens is 1. The number of hydrogen-bond acceptors (Lipinski definition) is 2. The zero-order valence-electron chi connectivity index (χ0n) is 9.26. The number of alkyl halides is 1. The molecule has 2 rings (SSSR count). The van der Waals surface area contributed by atoms with Gasteiger partial charge in [-0.3, -0.25) is 4.99 Å². The Balaban J connectivity index is 2.20. The van der Waals surface area contributed by atoms with Gasteiger partial charge in [0.05, 0.1) is 12.2 Å². The molecular weight excluding hydrogens is 210 g/mol. The largest absolute Gasteiger partial charge is 0.335 e. The van der Waals surface area contributed by atoms with Gasteiger partial charge in [0.1, 0.15) is 5.82 Å². The second-order valence-corrected chi connectivity index (χ2v) is 4.30. The zero-order valence-corrected chi connectivity index (χ0v) is 10.0. The van der Waals surface area contributed by atoms with Crippen LogP contribution in [0.5, 0.6) is 0 Å². The van der Waals surface area contributed by atoms with Crippen molar-refractivity contribution in [1.29, 1.82) is 0 Å². The third-order valence-corrected chi connectivity index (χ3v) is 3.13. The number of imidazole rings is 1. The van der Waals surface area contributed by atoms with Crippen molar-refractivity contribution in [3.63, 3.8) is 0 Å². The average Bonchev–Trinajstić information content (AvgIpc) is 2.52. The fourth-order valence-electron chi connectivity index (χ4n) is 2.06. The van der Waals surface area contributed by atoms with Gasteiger partial charge in [-0.1, -0.05) is 0 Å². The van der Waals surface area contributed by atoms with E-state index in [1.165, 1.54) is 17.1 Å². The van der Waals surface area contributed by atoms with E-state index in [2.05, 4.69) is 21.6 Å². The first-order chi connectivity index (χ1) is 7.22. The van der Waals surface area contributed by atoms with Crippen molar-refractivity contribution in [2.24, 2.45) is 12.0 Å². The molecule has 0 N–H and O–H groups in total. The van der Waals surface area contributed by atoms with Crippen LogP contribution in [0, 0.1) is 6.92 Å². The Labute approximate surface area is 95.2 Å². The Bertz CT molecular complexity index is 393. The first kappa shape index (κ1) is 10.7. The molecule has 0 saturated heterocycles. The highest BCUT2D eigenvalue weighted by molar-refractivity contribution is 6.18. The summed E-state index contributed by atoms with van der Waals surface area (Å²) in [7, 11) is 2.09. The van der Waals surface area contributed by atoms with Crippen molar-refractivity contribution >= 4 is 17.3 Å². The van der Waals surface area contributed by atoms with Gasteiger partial charge >= 0.3 is 0 Å². The lowest BCUT2D eigenvalue weighted by Gasteiger charge is -2.14. The quantitative estimate of drug-likeness (QED) is 0.708. The number of aromatic nitrogens is 2. The van der Waals surface area contributed by atoms with Crippen molar-refractivity contribution < 1.29 is 0 Å². The van der Waals surface area contributed by atoms with Crippen molar-refractivity contribution in [1.82, 2.24) is 9.55 Å². The van der Waals surface area contributed by atoms with Crippen molar-refractivity contribution in [3.8, 4) is 0 Å². The van der Waals surface area contributed by atoms with Gasteiger partial charge in [0.25, 0.3) is 0 Å². The van der Waals surface area contributed by atoms with Crippen LogP contribution in [0.2, 0.25) is 0 Å². The SMILES string of the molecule is Cc1nc2c(n1C)CCC(=NCCCl)C2. The first-order valence-electron chi connectivity index (χ1n) is 5.31. The molecule has 1 heterocycles. The molecule has 1 aliphatic rings. The van der Waals surface area contributed by atoms with E-state index in [1.807, 2.05) is 6.92 Å². The summed E-state index contributed by atoms with van der Waals surface area (Å²) in [5.74, 6) is 1.70. The number of nitrogens with zero attached hydrogens (tertiary/aromatic N) is 3. The smallest absolute Gasteiger partial charge is 0.105 e. The summed E-state index contributed by atoms with van der Waals surface area (Å²) in [6.07, 6.45) is 3.03. The standard InChI is InChI=1S/C11H16ClN3/c1-8-14-10-7-9(13-6-5-12)3-4-11(10)15(8)2/h3-7H2,1-2H3. The minimum absolute atomic E-state index is 0.609. The Morgan fingerprint density at radius 2 is 2.27 bits per heavy atom. The molecule has 0 radical (unpaired) electrons. The molecule has 0 unspecified atom stereocenters. The van der Waals surface area contributed by atoms with Crippen LogP contribution < -0.4 is 0 Å². The van der Waals surface area contributed by atoms with Gasteiger partial charge in [0, 0.05) is 30.8 Å². The molecule has 0 aliphatic heterocycles. The van der Waals surface area contributed by atoms with E-state index in [1.54, 1.807) is 0 Å². The Kier molecular flexibility index (Phi) is 3.10. The summed E-state index contributed by atoms with van der Waals surface area (Å²) < 4.78 is 2.19. The molecule has 3 nitrogen and oxygen atoms in total. The predicted molar refractivity (Wildman–Crippen MR) is 63.0 cm³/mol. The minimum atomic E-state index is 0.609. The normalized spacial score (nSPS) is 18.2. The van der Waals surface area contributed by atoms with Gasteiger partial charge in [0.2, 0.25) is 0 Å². The highest BCUT2D eigenvalue weighted by Gasteiger charge is 2.19. The van der Waals surface area contributed by atoms with E-state index in [0.717, 1.165) is 31.6 Å². The molecule has 0 spiro atoms. The third-order valence-electron chi connectivity index (χ3n) is 2.96. The lowest BCUT2D eigenvalue weighted by molar-refractivity contribution is 0.769. The Morgan fingerprint density at radius 1 is 1.47 bits per heavy atom. The summed E-state index contributed by atoms with van der Waals surface area (Å²) in [6, 6.07) is 0. The van der Waals surface area contributed by atoms with Gasteiger partial charge in [-0.15, -0.1) is 11.6 Å². The topological polar surface area (TPSA) is 30.2 Å². The summed E-state index contributed by atoms with van der Waals surface area (Å²) >= 11 is 5.62. The molecule has 15 heavy (non-hydrogen) atoms. The van der Waals surface area contributed by atoms with Crippen LogP contribution in [-0.2, 0) is 19.9 Å². The van der Waals surface area contributed by atoms with Gasteiger partial charge < -0.3 is 4.57 Å². The van der Waals surface area contributed by atoms with Crippen LogP contribution in [0.15, 0.2) is 4.99 Å². The van der Waals surface area contributed by atoms with Crippen molar-refractivity contribution in [2.75, 3.05) is 12.4 Å². The molecule has 0 atom stereocenters. The predicted octanol–water partition coefficient (Wildman–Crippen LogP) is 1.90. The zero-order chi connectivity index (χ0) is 10.8. The molecule has 1 aromatic heterocycles. The average molecular weight is 226 g/mol. The van der Waals surface area contributed by atoms with E-state index in [0.29, 0.717) is 5.88 Å². The van der Waals surface area contributed by atoms with Crippen LogP contribution in [0.4, 0.5) is 0 Å². The second-order valence-electron chi connectivity index (χ2n) is 3.93. The molecule has 0 amide bonds. The second kappa shape index (κ2) is 4.35. The highest BCUT2D eigenvalue weighted by atomic mass is 35.5. The maximum atomic E-state index is 5.62. The number of aliphatic imine (C=N–C) groups is 1. The number of rotatable bonds is 2. The van der Waals surface area contributed by atoms with E-state index in [4.69, 9.17) is 11.6 Å². The first-order valence-corrected chi connectivity index (χ1v) is 5.85. The molecule has 0 fully saturated rings. The molecule has 1 aromatic rings. The number of fused-ring (bicyclic) bond motifs is 1. The van der Waals surface area contributed by atoms with E-state index in [-0.39, 0.29) is 0 Å². The molecule has 0 aromatic carbocycles. The molecule has 0 saturated carbocycles. The highest BCUT2D eigenvalue weighted by Crippen LogP contribution is 2.19. The van der Waals surface area contributed by atoms with Crippen LogP contribution >= 0.6 is 11.6 Å². The number of aryl methyl sites for hydroxylation is 1. The lowest BCUT2D eigenvalue weighted by atomic mass is 9.99. The number of hydrogen-bond donors (Lipinski definition) is 0. The monoisotopic (exact) mass is 225 g/mol. The Hall–Kier alpha value is -0.830. The molecular formula is C11H16ClN3. The fraction of sp³-hybridized carbons (Fsp3) is 0.636. The molecule has 0 bridgehead atoms. The van der Waals surface area contributed by atoms with Crippen LogP contribution in [0.1, 0.15) is 23.6 Å². The maximum Gasteiger partial charge on any atom is 0.105 e. The van der Waals surface area contributed by atoms with E-state index < -0.39 is 0 Å². The van der Waals surface area contributed by atoms with Crippen LogP contribution in [0.3, 0.4) is 0 Å². The van der Waals surface area contributed by atoms with Crippen molar-refractivity contribution in [3.05, 3.63) is 17.2 Å². The Morgan fingerprint density at radius 3 is 3.00 bits per heavy atom. The molecule has 82 valence electrons. The molecule has 1 aliphatic carbocycles. The van der Waals surface area contributed by atoms with Gasteiger partial charge in [-0.2, -0.15) is 0 Å². The van der Waals surface area contributed by atoms with Crippen LogP contribution in [-0.4, -0.2) is 27.7 Å². The van der Waals surface area contributed by atoms with Crippen molar-refractivity contribution in [2.45, 2.75) is 26.2 Å². The van der Waals surface area contributed by atoms with E-state index >= 15 is 0 Å². The van der Waals surface area contributed by atoms with Gasteiger partial charge in [0.15, 0.2) is 0 Å². The summed E-state index contributed by atoms with van der Waals surface area (Å²) in [4.78, 5) is 9.03. The summed E-state index contributed by atoms with van der Waals surface area (Å²) in [5.41, 5.74) is 3.83. The minimum Gasteiger partial charge on any atom is -0.335 e.